The Morgan fingerprint density at radius 2 is 1.76 bits per heavy atom. The zero-order chi connectivity index (χ0) is 27.4. The van der Waals surface area contributed by atoms with Gasteiger partial charge in [-0.1, -0.05) is 39.0 Å². The Morgan fingerprint density at radius 1 is 1.08 bits per heavy atom. The quantitative estimate of drug-likeness (QED) is 0.176. The normalized spacial score (nSPS) is 12.4. The van der Waals surface area contributed by atoms with E-state index in [9.17, 15) is 17.6 Å². The number of carbonyl (C=O) groups excluding carboxylic acids is 1. The highest BCUT2D eigenvalue weighted by Gasteiger charge is 2.27. The second-order valence-corrected chi connectivity index (χ2v) is 12.6. The number of benzene rings is 2. The Kier molecular flexibility index (Phi) is 8.39. The molecule has 2 heterocycles. The van der Waals surface area contributed by atoms with Gasteiger partial charge in [0.15, 0.2) is 0 Å². The number of anilines is 1. The van der Waals surface area contributed by atoms with Gasteiger partial charge < -0.3 is 4.42 Å². The van der Waals surface area contributed by atoms with Crippen LogP contribution in [0.4, 0.5) is 9.52 Å². The van der Waals surface area contributed by atoms with Gasteiger partial charge in [-0.25, -0.2) is 17.8 Å². The highest BCUT2D eigenvalue weighted by molar-refractivity contribution is 7.89. The molecule has 4 aromatic rings. The molecule has 0 unspecified atom stereocenters. The van der Waals surface area contributed by atoms with Crippen LogP contribution in [0.15, 0.2) is 75.3 Å². The molecule has 38 heavy (non-hydrogen) atoms. The van der Waals surface area contributed by atoms with E-state index in [1.54, 1.807) is 12.1 Å². The van der Waals surface area contributed by atoms with E-state index in [0.29, 0.717) is 29.1 Å². The summed E-state index contributed by atoms with van der Waals surface area (Å²) in [5, 5.41) is 5.62. The molecule has 0 atom stereocenters. The van der Waals surface area contributed by atoms with E-state index in [4.69, 9.17) is 4.42 Å². The number of halogens is 1. The summed E-state index contributed by atoms with van der Waals surface area (Å²) in [6, 6.07) is 13.3. The van der Waals surface area contributed by atoms with Crippen molar-refractivity contribution < 1.29 is 22.0 Å². The summed E-state index contributed by atoms with van der Waals surface area (Å²) in [6.45, 7) is 8.68. The minimum atomic E-state index is -3.75. The average Bonchev–Trinajstić information content (AvgIpc) is 3.53. The van der Waals surface area contributed by atoms with Crippen molar-refractivity contribution in [3.63, 3.8) is 0 Å². The maximum absolute atomic E-state index is 13.7. The zero-order valence-corrected chi connectivity index (χ0v) is 23.2. The van der Waals surface area contributed by atoms with Crippen LogP contribution in [0.5, 0.6) is 0 Å². The van der Waals surface area contributed by atoms with E-state index < -0.39 is 21.7 Å². The van der Waals surface area contributed by atoms with E-state index in [1.165, 1.54) is 59.2 Å². The van der Waals surface area contributed by atoms with Crippen molar-refractivity contribution in [2.45, 2.75) is 32.6 Å². The van der Waals surface area contributed by atoms with Crippen LogP contribution in [0.3, 0.4) is 0 Å². The molecule has 0 aliphatic carbocycles. The average molecular weight is 557 g/mol. The van der Waals surface area contributed by atoms with Crippen molar-refractivity contribution in [3.05, 3.63) is 78.0 Å². The first-order valence-corrected chi connectivity index (χ1v) is 14.4. The fourth-order valence-corrected chi connectivity index (χ4v) is 6.49. The molecular formula is C27H29FN4O4S2. The Morgan fingerprint density at radius 3 is 2.37 bits per heavy atom. The number of hydrazone groups is 1. The second-order valence-electron chi connectivity index (χ2n) is 9.62. The number of thiazole rings is 1. The predicted octanol–water partition coefficient (Wildman–Crippen LogP) is 6.01. The molecule has 11 heteroatoms. The number of hydrogen-bond acceptors (Lipinski definition) is 7. The van der Waals surface area contributed by atoms with Gasteiger partial charge in [0.1, 0.15) is 11.6 Å². The lowest BCUT2D eigenvalue weighted by Gasteiger charge is -2.25. The molecule has 0 aliphatic rings. The number of fused-ring (bicyclic) bond motifs is 1. The molecule has 0 N–H and O–H groups in total. The predicted molar refractivity (Wildman–Crippen MR) is 148 cm³/mol. The minimum Gasteiger partial charge on any atom is -0.463 e. The maximum Gasteiger partial charge on any atom is 0.280 e. The van der Waals surface area contributed by atoms with E-state index in [0.717, 1.165) is 16.3 Å². The van der Waals surface area contributed by atoms with Gasteiger partial charge in [-0.05, 0) is 66.4 Å². The third-order valence-electron chi connectivity index (χ3n) is 5.43. The topological polar surface area (TPSA) is 96.1 Å². The lowest BCUT2D eigenvalue weighted by Crippen LogP contribution is -2.37. The number of nitrogens with zero attached hydrogens (tertiary/aromatic N) is 4. The molecule has 2 aromatic heterocycles. The molecule has 0 aliphatic heterocycles. The van der Waals surface area contributed by atoms with Crippen LogP contribution in [-0.4, -0.2) is 42.9 Å². The maximum atomic E-state index is 13.7. The Labute approximate surface area is 225 Å². The number of rotatable bonds is 10. The molecule has 0 spiro atoms. The lowest BCUT2D eigenvalue weighted by molar-refractivity contribution is 0.0987. The lowest BCUT2D eigenvalue weighted by atomic mass is 10.2. The van der Waals surface area contributed by atoms with Crippen molar-refractivity contribution in [1.82, 2.24) is 9.29 Å². The molecule has 4 rings (SSSR count). The summed E-state index contributed by atoms with van der Waals surface area (Å²) in [5.74, 6) is -0.200. The number of furan rings is 1. The van der Waals surface area contributed by atoms with Gasteiger partial charge in [-0.3, -0.25) is 4.79 Å². The van der Waals surface area contributed by atoms with Crippen LogP contribution in [0.25, 0.3) is 10.2 Å². The first-order valence-electron chi connectivity index (χ1n) is 12.1. The molecule has 0 bridgehead atoms. The smallest absolute Gasteiger partial charge is 0.280 e. The van der Waals surface area contributed by atoms with Gasteiger partial charge in [0.05, 0.1) is 27.6 Å². The first-order chi connectivity index (χ1) is 18.0. The number of aromatic nitrogens is 1. The Hall–Kier alpha value is -3.41. The summed E-state index contributed by atoms with van der Waals surface area (Å²) >= 11 is 1.11. The van der Waals surface area contributed by atoms with Crippen molar-refractivity contribution in [2.24, 2.45) is 16.9 Å². The fourth-order valence-electron chi connectivity index (χ4n) is 3.77. The molecule has 0 saturated carbocycles. The van der Waals surface area contributed by atoms with Gasteiger partial charge in [-0.15, -0.1) is 0 Å². The second kappa shape index (κ2) is 11.5. The molecule has 2 aromatic carbocycles. The van der Waals surface area contributed by atoms with Crippen LogP contribution in [0.1, 0.15) is 43.8 Å². The van der Waals surface area contributed by atoms with Crippen LogP contribution >= 0.6 is 11.3 Å². The van der Waals surface area contributed by atoms with Crippen LogP contribution in [0.2, 0.25) is 0 Å². The number of amides is 1. The van der Waals surface area contributed by atoms with Crippen molar-refractivity contribution in [3.8, 4) is 0 Å². The number of hydrogen-bond donors (Lipinski definition) is 0. The molecule has 0 radical (unpaired) electrons. The summed E-state index contributed by atoms with van der Waals surface area (Å²) in [7, 11) is -3.75. The van der Waals surface area contributed by atoms with Gasteiger partial charge in [0.25, 0.3) is 5.91 Å². The van der Waals surface area contributed by atoms with Gasteiger partial charge in [0, 0.05) is 18.7 Å². The Bertz CT molecular complexity index is 1520. The van der Waals surface area contributed by atoms with Crippen LogP contribution in [-0.2, 0) is 10.0 Å². The van der Waals surface area contributed by atoms with Crippen molar-refractivity contribution in [1.29, 1.82) is 0 Å². The Balaban J connectivity index is 1.67. The highest BCUT2D eigenvalue weighted by atomic mass is 32.2. The van der Waals surface area contributed by atoms with Gasteiger partial charge in [-0.2, -0.15) is 14.4 Å². The molecule has 1 amide bonds. The van der Waals surface area contributed by atoms with Crippen LogP contribution < -0.4 is 5.01 Å². The van der Waals surface area contributed by atoms with E-state index in [1.807, 2.05) is 27.7 Å². The SMILES string of the molecule is CC(C)CN(CC(C)C)S(=O)(=O)c1ccc(C(=O)N(/N=C/c2ccco2)c2nc3ccc(F)cc3s2)cc1. The van der Waals surface area contributed by atoms with Crippen molar-refractivity contribution >= 4 is 48.8 Å². The fraction of sp³-hybridized carbons (Fsp3) is 0.296. The summed E-state index contributed by atoms with van der Waals surface area (Å²) in [4.78, 5) is 18.1. The standard InChI is InChI=1S/C27H29FN4O4S2/c1-18(2)16-31(17-19(3)4)38(34,35)23-10-7-20(8-11-23)26(33)32(29-15-22-6-5-13-36-22)27-30-24-12-9-21(28)14-25(24)37-27/h5-15,18-19H,16-17H2,1-4H3/b29-15+. The summed E-state index contributed by atoms with van der Waals surface area (Å²) < 4.78 is 47.8. The molecular weight excluding hydrogens is 527 g/mol. The van der Waals surface area contributed by atoms with Crippen LogP contribution in [0, 0.1) is 17.7 Å². The summed E-state index contributed by atoms with van der Waals surface area (Å²) in [5.41, 5.74) is 0.736. The van der Waals surface area contributed by atoms with E-state index in [-0.39, 0.29) is 27.4 Å². The molecule has 0 fully saturated rings. The van der Waals surface area contributed by atoms with E-state index >= 15 is 0 Å². The first kappa shape index (κ1) is 27.6. The number of carbonyl (C=O) groups is 1. The molecule has 200 valence electrons. The minimum absolute atomic E-state index is 0.108. The zero-order valence-electron chi connectivity index (χ0n) is 21.5. The monoisotopic (exact) mass is 556 g/mol. The van der Waals surface area contributed by atoms with Gasteiger partial charge in [0.2, 0.25) is 15.2 Å². The highest BCUT2D eigenvalue weighted by Crippen LogP contribution is 2.31. The van der Waals surface area contributed by atoms with Crippen molar-refractivity contribution in [2.75, 3.05) is 18.1 Å². The van der Waals surface area contributed by atoms with Gasteiger partial charge >= 0.3 is 0 Å². The van der Waals surface area contributed by atoms with E-state index in [2.05, 4.69) is 10.1 Å². The number of sulfonamides is 1. The third-order valence-corrected chi connectivity index (χ3v) is 8.27. The third kappa shape index (κ3) is 6.35. The summed E-state index contributed by atoms with van der Waals surface area (Å²) in [6.07, 6.45) is 2.86. The molecule has 8 nitrogen and oxygen atoms in total. The molecule has 0 saturated heterocycles. The largest absolute Gasteiger partial charge is 0.463 e.